The zero-order valence-corrected chi connectivity index (χ0v) is 11.7. The van der Waals surface area contributed by atoms with Gasteiger partial charge in [-0.25, -0.2) is 0 Å². The first-order valence-electron chi connectivity index (χ1n) is 6.22. The lowest BCUT2D eigenvalue weighted by Crippen LogP contribution is -2.18. The Morgan fingerprint density at radius 1 is 1.18 bits per heavy atom. The van der Waals surface area contributed by atoms with Gasteiger partial charge in [-0.05, 0) is 19.1 Å². The van der Waals surface area contributed by atoms with Gasteiger partial charge in [-0.3, -0.25) is 14.3 Å². The number of hydrogen-bond acceptors (Lipinski definition) is 3. The molecule has 0 radical (unpaired) electrons. The zero-order chi connectivity index (χ0) is 16.5. The summed E-state index contributed by atoms with van der Waals surface area (Å²) in [6.07, 6.45) is -3.76. The highest BCUT2D eigenvalue weighted by molar-refractivity contribution is 6.09. The summed E-state index contributed by atoms with van der Waals surface area (Å²) in [5.41, 5.74) is -1.51. The Labute approximate surface area is 123 Å². The van der Waals surface area contributed by atoms with E-state index in [1.54, 1.807) is 12.1 Å². The van der Waals surface area contributed by atoms with Crippen molar-refractivity contribution >= 4 is 17.4 Å². The van der Waals surface area contributed by atoms with Crippen molar-refractivity contribution < 1.29 is 22.8 Å². The van der Waals surface area contributed by atoms with Gasteiger partial charge in [0.05, 0.1) is 11.3 Å². The Hall–Kier alpha value is -2.64. The van der Waals surface area contributed by atoms with E-state index in [2.05, 4.69) is 10.4 Å². The van der Waals surface area contributed by atoms with Gasteiger partial charge in [0.2, 0.25) is 0 Å². The summed E-state index contributed by atoms with van der Waals surface area (Å²) in [5, 5.41) is 5.59. The van der Waals surface area contributed by atoms with Crippen LogP contribution in [0.5, 0.6) is 0 Å². The normalized spacial score (nSPS) is 11.3. The minimum absolute atomic E-state index is 0.150. The first kappa shape index (κ1) is 15.7. The van der Waals surface area contributed by atoms with Gasteiger partial charge in [0.1, 0.15) is 0 Å². The molecule has 2 aromatic rings. The molecule has 1 amide bonds. The van der Waals surface area contributed by atoms with Crippen molar-refractivity contribution in [2.75, 3.05) is 5.32 Å². The molecule has 1 aromatic carbocycles. The summed E-state index contributed by atoms with van der Waals surface area (Å²) >= 11 is 0. The van der Waals surface area contributed by atoms with Crippen molar-refractivity contribution in [2.45, 2.75) is 13.1 Å². The van der Waals surface area contributed by atoms with Gasteiger partial charge in [-0.15, -0.1) is 0 Å². The number of alkyl halides is 3. The molecule has 0 unspecified atom stereocenters. The second-order valence-electron chi connectivity index (χ2n) is 4.62. The van der Waals surface area contributed by atoms with E-state index in [0.29, 0.717) is 0 Å². The molecule has 1 aromatic heterocycles. The van der Waals surface area contributed by atoms with Crippen LogP contribution in [-0.4, -0.2) is 21.5 Å². The third-order valence-electron chi connectivity index (χ3n) is 2.90. The summed E-state index contributed by atoms with van der Waals surface area (Å²) in [6.45, 7) is 1.30. The van der Waals surface area contributed by atoms with E-state index in [0.717, 1.165) is 10.9 Å². The molecule has 116 valence electrons. The fourth-order valence-corrected chi connectivity index (χ4v) is 1.95. The van der Waals surface area contributed by atoms with Crippen LogP contribution in [0.4, 0.5) is 18.9 Å². The quantitative estimate of drug-likeness (QED) is 0.887. The summed E-state index contributed by atoms with van der Waals surface area (Å²) < 4.78 is 39.5. The Morgan fingerprint density at radius 2 is 1.82 bits per heavy atom. The average molecular weight is 311 g/mol. The molecule has 0 bridgehead atoms. The van der Waals surface area contributed by atoms with Gasteiger partial charge in [-0.1, -0.05) is 12.1 Å². The lowest BCUT2D eigenvalue weighted by atomic mass is 10.1. The van der Waals surface area contributed by atoms with E-state index in [4.69, 9.17) is 0 Å². The Bertz CT molecular complexity index is 735. The average Bonchev–Trinajstić information content (AvgIpc) is 2.81. The number of anilines is 1. The van der Waals surface area contributed by atoms with E-state index in [1.165, 1.54) is 26.1 Å². The second kappa shape index (κ2) is 5.63. The minimum Gasteiger partial charge on any atom is -0.321 e. The number of rotatable bonds is 3. The van der Waals surface area contributed by atoms with Gasteiger partial charge < -0.3 is 5.32 Å². The maximum absolute atomic E-state index is 12.9. The number of para-hydroxylation sites is 1. The molecule has 0 aliphatic rings. The molecule has 0 saturated carbocycles. The first-order chi connectivity index (χ1) is 10.2. The molecule has 0 fully saturated rings. The molecule has 0 aliphatic carbocycles. The van der Waals surface area contributed by atoms with Crippen molar-refractivity contribution in [3.63, 3.8) is 0 Å². The van der Waals surface area contributed by atoms with E-state index < -0.39 is 23.3 Å². The second-order valence-corrected chi connectivity index (χ2v) is 4.62. The van der Waals surface area contributed by atoms with Crippen LogP contribution in [0, 0.1) is 0 Å². The molecule has 1 heterocycles. The first-order valence-corrected chi connectivity index (χ1v) is 6.22. The predicted molar refractivity (Wildman–Crippen MR) is 72.6 cm³/mol. The van der Waals surface area contributed by atoms with Crippen LogP contribution >= 0.6 is 0 Å². The largest absolute Gasteiger partial charge is 0.435 e. The lowest BCUT2D eigenvalue weighted by Gasteiger charge is -2.09. The molecule has 0 atom stereocenters. The van der Waals surface area contributed by atoms with Crippen LogP contribution in [0.1, 0.15) is 33.3 Å². The fourth-order valence-electron chi connectivity index (χ4n) is 1.95. The lowest BCUT2D eigenvalue weighted by molar-refractivity contribution is -0.141. The highest BCUT2D eigenvalue weighted by Crippen LogP contribution is 2.31. The van der Waals surface area contributed by atoms with Crippen LogP contribution in [0.3, 0.4) is 0 Å². The third kappa shape index (κ3) is 3.16. The molecule has 0 spiro atoms. The number of halogens is 3. The van der Waals surface area contributed by atoms with E-state index in [-0.39, 0.29) is 17.0 Å². The molecular formula is C14H12F3N3O2. The maximum atomic E-state index is 12.9. The number of aryl methyl sites for hydroxylation is 1. The standard InChI is InChI=1S/C14H12F3N3O2/c1-8(21)9-5-3-4-6-11(9)18-13(22)10-7-20(2)19-12(10)14(15,16)17/h3-7H,1-2H3,(H,18,22). The van der Waals surface area contributed by atoms with E-state index in [9.17, 15) is 22.8 Å². The van der Waals surface area contributed by atoms with Crippen molar-refractivity contribution in [3.8, 4) is 0 Å². The number of nitrogens with one attached hydrogen (secondary N) is 1. The summed E-state index contributed by atoms with van der Waals surface area (Å²) in [4.78, 5) is 23.6. The number of ketones is 1. The SMILES string of the molecule is CC(=O)c1ccccc1NC(=O)c1cn(C)nc1C(F)(F)F. The number of benzene rings is 1. The smallest absolute Gasteiger partial charge is 0.321 e. The summed E-state index contributed by atoms with van der Waals surface area (Å²) in [5.74, 6) is -1.28. The van der Waals surface area contributed by atoms with Crippen molar-refractivity contribution in [1.29, 1.82) is 0 Å². The van der Waals surface area contributed by atoms with E-state index >= 15 is 0 Å². The summed E-state index contributed by atoms with van der Waals surface area (Å²) in [7, 11) is 1.29. The van der Waals surface area contributed by atoms with Crippen LogP contribution in [-0.2, 0) is 13.2 Å². The molecule has 2 rings (SSSR count). The highest BCUT2D eigenvalue weighted by atomic mass is 19.4. The molecule has 0 saturated heterocycles. The molecule has 5 nitrogen and oxygen atoms in total. The van der Waals surface area contributed by atoms with Crippen LogP contribution < -0.4 is 5.32 Å². The predicted octanol–water partition coefficient (Wildman–Crippen LogP) is 2.89. The number of carbonyl (C=O) groups excluding carboxylic acids is 2. The fraction of sp³-hybridized carbons (Fsp3) is 0.214. The number of hydrogen-bond donors (Lipinski definition) is 1. The van der Waals surface area contributed by atoms with Crippen LogP contribution in [0.25, 0.3) is 0 Å². The number of Topliss-reactive ketones (excluding diaryl/α,β-unsaturated/α-hetero) is 1. The van der Waals surface area contributed by atoms with Crippen LogP contribution in [0.2, 0.25) is 0 Å². The number of aromatic nitrogens is 2. The minimum atomic E-state index is -4.74. The molecular weight excluding hydrogens is 299 g/mol. The Morgan fingerprint density at radius 3 is 2.41 bits per heavy atom. The number of nitrogens with zero attached hydrogens (tertiary/aromatic N) is 2. The molecule has 0 aliphatic heterocycles. The van der Waals surface area contributed by atoms with Gasteiger partial charge in [0, 0.05) is 18.8 Å². The number of carbonyl (C=O) groups is 2. The molecule has 1 N–H and O–H groups in total. The van der Waals surface area contributed by atoms with Crippen LogP contribution in [0.15, 0.2) is 30.5 Å². The Kier molecular flexibility index (Phi) is 4.03. The van der Waals surface area contributed by atoms with Crippen molar-refractivity contribution in [1.82, 2.24) is 9.78 Å². The van der Waals surface area contributed by atoms with E-state index in [1.807, 2.05) is 0 Å². The monoisotopic (exact) mass is 311 g/mol. The topological polar surface area (TPSA) is 64.0 Å². The zero-order valence-electron chi connectivity index (χ0n) is 11.7. The van der Waals surface area contributed by atoms with Gasteiger partial charge in [-0.2, -0.15) is 18.3 Å². The Balaban J connectivity index is 2.37. The maximum Gasteiger partial charge on any atom is 0.435 e. The summed E-state index contributed by atoms with van der Waals surface area (Å²) in [6, 6.07) is 6.08. The van der Waals surface area contributed by atoms with Gasteiger partial charge in [0.25, 0.3) is 5.91 Å². The van der Waals surface area contributed by atoms with Crippen molar-refractivity contribution in [2.24, 2.45) is 7.05 Å². The third-order valence-corrected chi connectivity index (χ3v) is 2.90. The highest BCUT2D eigenvalue weighted by Gasteiger charge is 2.39. The van der Waals surface area contributed by atoms with Crippen molar-refractivity contribution in [3.05, 3.63) is 47.3 Å². The van der Waals surface area contributed by atoms with Gasteiger partial charge in [0.15, 0.2) is 11.5 Å². The number of amides is 1. The molecule has 22 heavy (non-hydrogen) atoms. The molecule has 8 heteroatoms. The van der Waals surface area contributed by atoms with Gasteiger partial charge >= 0.3 is 6.18 Å².